The van der Waals surface area contributed by atoms with Gasteiger partial charge in [-0.25, -0.2) is 0 Å². The fourth-order valence-electron chi connectivity index (χ4n) is 2.09. The summed E-state index contributed by atoms with van der Waals surface area (Å²) in [6.45, 7) is 10.2. The second kappa shape index (κ2) is 7.70. The van der Waals surface area contributed by atoms with E-state index in [1.807, 2.05) is 23.9 Å². The summed E-state index contributed by atoms with van der Waals surface area (Å²) >= 11 is 1.86. The molecule has 0 atom stereocenters. The van der Waals surface area contributed by atoms with Gasteiger partial charge < -0.3 is 5.11 Å². The lowest BCUT2D eigenvalue weighted by Gasteiger charge is -2.30. The van der Waals surface area contributed by atoms with Gasteiger partial charge in [0.15, 0.2) is 0 Å². The Morgan fingerprint density at radius 1 is 1.06 bits per heavy atom. The molecule has 1 aromatic carbocycles. The van der Waals surface area contributed by atoms with Crippen LogP contribution in [0.5, 0.6) is 5.75 Å². The largest absolute Gasteiger partial charge is 0.508 e. The van der Waals surface area contributed by atoms with Crippen molar-refractivity contribution >= 4 is 11.8 Å². The van der Waals surface area contributed by atoms with Gasteiger partial charge in [-0.3, -0.25) is 4.90 Å². The minimum Gasteiger partial charge on any atom is -0.508 e. The molecule has 0 fully saturated rings. The zero-order chi connectivity index (χ0) is 13.5. The molecule has 0 aliphatic carbocycles. The number of thioether (sulfide) groups is 1. The van der Waals surface area contributed by atoms with E-state index in [0.29, 0.717) is 17.8 Å². The molecule has 0 heterocycles. The van der Waals surface area contributed by atoms with Crippen molar-refractivity contribution in [1.29, 1.82) is 0 Å². The minimum absolute atomic E-state index is 0.338. The Bertz CT molecular complexity index is 327. The number of hydrogen-bond donors (Lipinski definition) is 1. The number of phenolic OH excluding ortho intramolecular Hbond substituents is 1. The molecule has 0 saturated carbocycles. The summed E-state index contributed by atoms with van der Waals surface area (Å²) in [5, 5.41) is 9.21. The lowest BCUT2D eigenvalue weighted by Crippen LogP contribution is -2.37. The summed E-state index contributed by atoms with van der Waals surface area (Å²) < 4.78 is 0. The summed E-state index contributed by atoms with van der Waals surface area (Å²) in [7, 11) is 0. The average Bonchev–Trinajstić information content (AvgIpc) is 2.30. The van der Waals surface area contributed by atoms with Crippen LogP contribution in [0.1, 0.15) is 34.1 Å². The summed E-state index contributed by atoms with van der Waals surface area (Å²) in [6.07, 6.45) is 1.20. The van der Waals surface area contributed by atoms with Gasteiger partial charge in [0.2, 0.25) is 0 Å². The van der Waals surface area contributed by atoms with Gasteiger partial charge in [-0.15, -0.1) is 11.8 Å². The van der Waals surface area contributed by atoms with Crippen LogP contribution < -0.4 is 0 Å². The van der Waals surface area contributed by atoms with Gasteiger partial charge >= 0.3 is 0 Å². The molecule has 1 rings (SSSR count). The predicted molar refractivity (Wildman–Crippen MR) is 80.4 cm³/mol. The molecule has 0 unspecified atom stereocenters. The van der Waals surface area contributed by atoms with Crippen LogP contribution in [0, 0.1) is 0 Å². The van der Waals surface area contributed by atoms with E-state index in [0.717, 1.165) is 12.3 Å². The first-order valence-corrected chi connectivity index (χ1v) is 7.67. The maximum atomic E-state index is 9.21. The van der Waals surface area contributed by atoms with Gasteiger partial charge in [0, 0.05) is 17.0 Å². The van der Waals surface area contributed by atoms with Crippen molar-refractivity contribution in [3.8, 4) is 5.75 Å². The zero-order valence-electron chi connectivity index (χ0n) is 11.9. The number of rotatable bonds is 7. The second-order valence-electron chi connectivity index (χ2n) is 5.12. The molecule has 1 aromatic rings. The Labute approximate surface area is 115 Å². The molecule has 0 aliphatic heterocycles. The monoisotopic (exact) mass is 267 g/mol. The van der Waals surface area contributed by atoms with E-state index in [1.165, 1.54) is 11.3 Å². The van der Waals surface area contributed by atoms with Crippen LogP contribution in [0.25, 0.3) is 0 Å². The first kappa shape index (κ1) is 15.4. The van der Waals surface area contributed by atoms with Gasteiger partial charge in [0.05, 0.1) is 0 Å². The van der Waals surface area contributed by atoms with Gasteiger partial charge in [-0.1, -0.05) is 0 Å². The Kier molecular flexibility index (Phi) is 6.58. The van der Waals surface area contributed by atoms with Crippen molar-refractivity contribution in [1.82, 2.24) is 4.90 Å². The first-order valence-electron chi connectivity index (χ1n) is 6.68. The van der Waals surface area contributed by atoms with Gasteiger partial charge in [-0.2, -0.15) is 0 Å². The molecule has 0 aliphatic rings. The van der Waals surface area contributed by atoms with Crippen LogP contribution >= 0.6 is 11.8 Å². The summed E-state index contributed by atoms with van der Waals surface area (Å²) in [5.74, 6) is 1.46. The third kappa shape index (κ3) is 5.32. The van der Waals surface area contributed by atoms with Gasteiger partial charge in [0.25, 0.3) is 0 Å². The maximum absolute atomic E-state index is 9.21. The van der Waals surface area contributed by atoms with Crippen molar-refractivity contribution in [2.75, 3.05) is 12.3 Å². The zero-order valence-corrected chi connectivity index (χ0v) is 12.7. The normalized spacial score (nSPS) is 11.7. The third-order valence-corrected chi connectivity index (χ3v) is 4.09. The first-order chi connectivity index (χ1) is 8.50. The highest BCUT2D eigenvalue weighted by Gasteiger charge is 2.12. The van der Waals surface area contributed by atoms with Crippen LogP contribution in [-0.4, -0.2) is 34.4 Å². The number of nitrogens with zero attached hydrogens (tertiary/aromatic N) is 1. The Morgan fingerprint density at radius 2 is 1.61 bits per heavy atom. The van der Waals surface area contributed by atoms with Crippen molar-refractivity contribution < 1.29 is 5.11 Å². The van der Waals surface area contributed by atoms with E-state index in [4.69, 9.17) is 0 Å². The highest BCUT2D eigenvalue weighted by atomic mass is 32.2. The fraction of sp³-hybridized carbons (Fsp3) is 0.600. The summed E-state index contributed by atoms with van der Waals surface area (Å²) in [4.78, 5) is 3.76. The van der Waals surface area contributed by atoms with E-state index in [2.05, 4.69) is 32.6 Å². The lowest BCUT2D eigenvalue weighted by molar-refractivity contribution is 0.176. The Balaban J connectivity index is 2.27. The molecule has 102 valence electrons. The van der Waals surface area contributed by atoms with Crippen LogP contribution in [0.4, 0.5) is 0 Å². The molecule has 0 spiro atoms. The minimum atomic E-state index is 0.338. The van der Waals surface area contributed by atoms with E-state index < -0.39 is 0 Å². The standard InChI is InChI=1S/C15H25NOS/c1-12(2)16(13(3)4)10-5-11-18-15-8-6-14(17)7-9-15/h6-9,12-13,17H,5,10-11H2,1-4H3. The van der Waals surface area contributed by atoms with Crippen LogP contribution in [0.3, 0.4) is 0 Å². The van der Waals surface area contributed by atoms with Crippen molar-refractivity contribution in [2.24, 2.45) is 0 Å². The molecular formula is C15H25NOS. The number of benzene rings is 1. The highest BCUT2D eigenvalue weighted by Crippen LogP contribution is 2.21. The smallest absolute Gasteiger partial charge is 0.115 e. The van der Waals surface area contributed by atoms with E-state index in [1.54, 1.807) is 12.1 Å². The van der Waals surface area contributed by atoms with E-state index >= 15 is 0 Å². The third-order valence-electron chi connectivity index (χ3n) is 2.99. The second-order valence-corrected chi connectivity index (χ2v) is 6.29. The number of hydrogen-bond acceptors (Lipinski definition) is 3. The summed E-state index contributed by atoms with van der Waals surface area (Å²) in [6, 6.07) is 8.67. The Hall–Kier alpha value is -0.670. The maximum Gasteiger partial charge on any atom is 0.115 e. The molecule has 1 N–H and O–H groups in total. The van der Waals surface area contributed by atoms with Crippen LogP contribution in [0.2, 0.25) is 0 Å². The molecule has 0 amide bonds. The van der Waals surface area contributed by atoms with Crippen molar-refractivity contribution in [3.05, 3.63) is 24.3 Å². The van der Waals surface area contributed by atoms with Gasteiger partial charge in [-0.05, 0) is 70.7 Å². The van der Waals surface area contributed by atoms with Crippen molar-refractivity contribution in [2.45, 2.75) is 51.1 Å². The van der Waals surface area contributed by atoms with Crippen LogP contribution in [-0.2, 0) is 0 Å². The highest BCUT2D eigenvalue weighted by molar-refractivity contribution is 7.99. The topological polar surface area (TPSA) is 23.5 Å². The number of aromatic hydroxyl groups is 1. The quantitative estimate of drug-likeness (QED) is 0.597. The van der Waals surface area contributed by atoms with Crippen LogP contribution in [0.15, 0.2) is 29.2 Å². The fourth-order valence-corrected chi connectivity index (χ4v) is 2.93. The van der Waals surface area contributed by atoms with E-state index in [-0.39, 0.29) is 0 Å². The molecule has 0 bridgehead atoms. The SMILES string of the molecule is CC(C)N(CCCSc1ccc(O)cc1)C(C)C. The summed E-state index contributed by atoms with van der Waals surface area (Å²) in [5.41, 5.74) is 0. The molecular weight excluding hydrogens is 242 g/mol. The van der Waals surface area contributed by atoms with Crippen molar-refractivity contribution in [3.63, 3.8) is 0 Å². The number of phenols is 1. The molecule has 2 nitrogen and oxygen atoms in total. The Morgan fingerprint density at radius 3 is 2.11 bits per heavy atom. The molecule has 0 radical (unpaired) electrons. The van der Waals surface area contributed by atoms with Gasteiger partial charge in [0.1, 0.15) is 5.75 Å². The molecule has 3 heteroatoms. The molecule has 18 heavy (non-hydrogen) atoms. The van der Waals surface area contributed by atoms with E-state index in [9.17, 15) is 5.11 Å². The predicted octanol–water partition coefficient (Wildman–Crippen LogP) is 3.99. The average molecular weight is 267 g/mol. The molecule has 0 aromatic heterocycles. The lowest BCUT2D eigenvalue weighted by atomic mass is 10.2. The molecule has 0 saturated heterocycles.